The molecule has 56 heavy (non-hydrogen) atoms. The van der Waals surface area contributed by atoms with Crippen molar-refractivity contribution in [1.29, 1.82) is 0 Å². The number of rotatable bonds is 14. The van der Waals surface area contributed by atoms with Crippen molar-refractivity contribution in [2.24, 2.45) is 11.8 Å². The molecule has 2 aromatic heterocycles. The van der Waals surface area contributed by atoms with Gasteiger partial charge >= 0.3 is 12.2 Å². The first-order valence-electron chi connectivity index (χ1n) is 18.1. The van der Waals surface area contributed by atoms with Crippen molar-refractivity contribution in [1.82, 2.24) is 40.8 Å². The van der Waals surface area contributed by atoms with Crippen molar-refractivity contribution in [3.8, 4) is 45.5 Å². The third-order valence-corrected chi connectivity index (χ3v) is 11.1. The van der Waals surface area contributed by atoms with Crippen LogP contribution in [0.1, 0.15) is 45.4 Å². The number of fused-ring (bicyclic) bond motifs is 2. The highest BCUT2D eigenvalue weighted by Gasteiger charge is 2.38. The van der Waals surface area contributed by atoms with Crippen molar-refractivity contribution in [2.75, 3.05) is 37.5 Å². The van der Waals surface area contributed by atoms with E-state index < -0.39 is 24.3 Å². The highest BCUT2D eigenvalue weighted by atomic mass is 32.2. The molecule has 16 nitrogen and oxygen atoms in total. The molecule has 0 unspecified atom stereocenters. The first-order valence-corrected chi connectivity index (χ1v) is 20.4. The molecule has 0 saturated carbocycles. The minimum atomic E-state index is -0.723. The molecule has 2 aromatic carbocycles. The Bertz CT molecular complexity index is 2050. The fourth-order valence-electron chi connectivity index (χ4n) is 6.16. The summed E-state index contributed by atoms with van der Waals surface area (Å²) in [5, 5.41) is 8.09. The number of carbonyl (C=O) groups excluding carboxylic acids is 4. The Morgan fingerprint density at radius 3 is 2.05 bits per heavy atom. The van der Waals surface area contributed by atoms with Gasteiger partial charge in [0.05, 0.1) is 55.8 Å². The molecule has 0 aliphatic carbocycles. The average molecular weight is 807 g/mol. The smallest absolute Gasteiger partial charge is 0.407 e. The van der Waals surface area contributed by atoms with Gasteiger partial charge in [-0.3, -0.25) is 9.59 Å². The lowest BCUT2D eigenvalue weighted by atomic mass is 10.0. The first kappa shape index (κ1) is 40.3. The predicted octanol–water partition coefficient (Wildman–Crippen LogP) is 6.05. The molecule has 4 heterocycles. The molecule has 5 N–H and O–H groups in total. The van der Waals surface area contributed by atoms with Crippen LogP contribution in [-0.2, 0) is 25.5 Å². The predicted molar refractivity (Wildman–Crippen MR) is 213 cm³/mol. The second kappa shape index (κ2) is 18.1. The number of nitrogens with zero attached hydrogens (tertiary/aromatic N) is 3. The van der Waals surface area contributed by atoms with Crippen LogP contribution in [0.3, 0.4) is 0 Å². The van der Waals surface area contributed by atoms with E-state index in [1.807, 2.05) is 64.1 Å². The number of ether oxygens (including phenoxy) is 4. The van der Waals surface area contributed by atoms with Crippen molar-refractivity contribution in [2.45, 2.75) is 52.2 Å². The van der Waals surface area contributed by atoms with E-state index in [0.717, 1.165) is 34.1 Å². The Labute approximate surface area is 333 Å². The molecule has 3 atom stereocenters. The van der Waals surface area contributed by atoms with Gasteiger partial charge in [0.25, 0.3) is 0 Å². The van der Waals surface area contributed by atoms with Gasteiger partial charge in [-0.1, -0.05) is 27.7 Å². The quantitative estimate of drug-likeness (QED) is 0.0644. The highest BCUT2D eigenvalue weighted by Crippen LogP contribution is 2.47. The molecule has 0 spiro atoms. The number of hydrogen-bond donors (Lipinski definition) is 5. The SMILES string of the molecule is COC(=O)N[C@H](C(=O)NCSCCc1ncc(-c2ccc3c(c2)Oc2ccc(-c4cnc([C@@H]5CSCN5C(=O)[C@@H](NC(=O)OC)C(C)C)[nH]4)cc2O3)[nH]1)C(C)C. The van der Waals surface area contributed by atoms with Crippen LogP contribution in [0.4, 0.5) is 9.59 Å². The summed E-state index contributed by atoms with van der Waals surface area (Å²) in [5.41, 5.74) is 3.31. The molecule has 0 radical (unpaired) electrons. The van der Waals surface area contributed by atoms with Crippen LogP contribution in [0.15, 0.2) is 48.8 Å². The van der Waals surface area contributed by atoms with E-state index in [4.69, 9.17) is 14.2 Å². The maximum atomic E-state index is 13.5. The molecule has 1 saturated heterocycles. The van der Waals surface area contributed by atoms with Gasteiger partial charge < -0.3 is 49.8 Å². The van der Waals surface area contributed by atoms with E-state index in [2.05, 4.69) is 40.6 Å². The molecule has 4 aromatic rings. The van der Waals surface area contributed by atoms with Crippen LogP contribution in [0.25, 0.3) is 22.5 Å². The number of aryl methyl sites for hydroxylation is 1. The fourth-order valence-corrected chi connectivity index (χ4v) is 8.06. The number of H-pyrrole nitrogens is 2. The summed E-state index contributed by atoms with van der Waals surface area (Å²) < 4.78 is 21.9. The number of nitrogens with one attached hydrogen (secondary N) is 5. The molecule has 18 heteroatoms. The summed E-state index contributed by atoms with van der Waals surface area (Å²) in [6.07, 6.45) is 2.89. The number of aromatic amines is 2. The Hall–Kier alpha value is -5.36. The molecule has 0 bridgehead atoms. The van der Waals surface area contributed by atoms with Gasteiger partial charge in [0.2, 0.25) is 11.8 Å². The van der Waals surface area contributed by atoms with Crippen LogP contribution >= 0.6 is 23.5 Å². The maximum Gasteiger partial charge on any atom is 0.407 e. The van der Waals surface area contributed by atoms with Gasteiger partial charge in [-0.25, -0.2) is 19.6 Å². The maximum absolute atomic E-state index is 13.5. The largest absolute Gasteiger partial charge is 0.453 e. The number of methoxy groups -OCH3 is 2. The zero-order valence-corrected chi connectivity index (χ0v) is 33.6. The van der Waals surface area contributed by atoms with E-state index in [1.165, 1.54) is 14.2 Å². The van der Waals surface area contributed by atoms with E-state index in [9.17, 15) is 19.2 Å². The zero-order chi connectivity index (χ0) is 39.9. The summed E-state index contributed by atoms with van der Waals surface area (Å²) in [7, 11) is 2.54. The van der Waals surface area contributed by atoms with Crippen molar-refractivity contribution < 1.29 is 38.1 Å². The molecular formula is C38H46N8O8S2. The Kier molecular flexibility index (Phi) is 13.0. The lowest BCUT2D eigenvalue weighted by Crippen LogP contribution is -2.51. The molecule has 2 aliphatic heterocycles. The third kappa shape index (κ3) is 9.35. The lowest BCUT2D eigenvalue weighted by Gasteiger charge is -2.29. The summed E-state index contributed by atoms with van der Waals surface area (Å²) in [4.78, 5) is 67.3. The Morgan fingerprint density at radius 1 is 0.857 bits per heavy atom. The van der Waals surface area contributed by atoms with Crippen molar-refractivity contribution >= 4 is 47.5 Å². The number of thioether (sulfide) groups is 2. The van der Waals surface area contributed by atoms with E-state index >= 15 is 0 Å². The summed E-state index contributed by atoms with van der Waals surface area (Å²) in [5.74, 6) is 5.31. The van der Waals surface area contributed by atoms with Gasteiger partial charge in [-0.15, -0.1) is 23.5 Å². The van der Waals surface area contributed by atoms with Crippen LogP contribution in [0, 0.1) is 11.8 Å². The molecule has 6 rings (SSSR count). The summed E-state index contributed by atoms with van der Waals surface area (Å²) in [6, 6.07) is 9.66. The number of aromatic nitrogens is 4. The number of hydrogen-bond acceptors (Lipinski definition) is 12. The minimum Gasteiger partial charge on any atom is -0.453 e. The van der Waals surface area contributed by atoms with Crippen molar-refractivity contribution in [3.05, 3.63) is 60.4 Å². The van der Waals surface area contributed by atoms with E-state index in [1.54, 1.807) is 40.8 Å². The molecule has 298 valence electrons. The number of benzene rings is 2. The summed E-state index contributed by atoms with van der Waals surface area (Å²) >= 11 is 3.18. The summed E-state index contributed by atoms with van der Waals surface area (Å²) in [6.45, 7) is 7.47. The number of carbonyl (C=O) groups is 4. The van der Waals surface area contributed by atoms with Crippen LogP contribution in [0.2, 0.25) is 0 Å². The highest BCUT2D eigenvalue weighted by molar-refractivity contribution is 7.99. The number of amides is 4. The van der Waals surface area contributed by atoms with E-state index in [0.29, 0.717) is 52.7 Å². The monoisotopic (exact) mass is 806 g/mol. The van der Waals surface area contributed by atoms with Gasteiger partial charge in [-0.05, 0) is 48.2 Å². The second-order valence-corrected chi connectivity index (χ2v) is 15.9. The zero-order valence-electron chi connectivity index (χ0n) is 32.0. The molecule has 2 aliphatic rings. The van der Waals surface area contributed by atoms with Crippen molar-refractivity contribution in [3.63, 3.8) is 0 Å². The Balaban J connectivity index is 1.04. The normalized spacial score (nSPS) is 15.6. The molecule has 4 amide bonds. The van der Waals surface area contributed by atoms with E-state index in [-0.39, 0.29) is 29.7 Å². The minimum absolute atomic E-state index is 0.0927. The third-order valence-electron chi connectivity index (χ3n) is 9.29. The lowest BCUT2D eigenvalue weighted by molar-refractivity contribution is -0.135. The number of alkyl carbamates (subject to hydrolysis) is 2. The standard InChI is InChI=1S/C38H46N8O8S2/c1-20(2)32(44-37(49)51-5)35(47)41-18-55-12-11-31-39-15-24(42-31)22-7-9-27-29(13-22)53-28-10-8-23(14-30(28)54-27)25-16-40-34(43-25)26-17-56-19-46(26)36(48)33(21(3)4)45-38(50)52-6/h7-10,13-16,20-21,26,32-33H,11-12,17-19H2,1-6H3,(H,39,42)(H,40,43)(H,41,47)(H,44,49)(H,45,50)/t26-,32-,33-/m0/s1. The number of imidazole rings is 2. The first-order chi connectivity index (χ1) is 26.9. The topological polar surface area (TPSA) is 202 Å². The average Bonchev–Trinajstić information content (AvgIpc) is 3.99. The van der Waals surface area contributed by atoms with Gasteiger partial charge in [-0.2, -0.15) is 0 Å². The van der Waals surface area contributed by atoms with Crippen LogP contribution in [0.5, 0.6) is 23.0 Å². The molecule has 1 fully saturated rings. The Morgan fingerprint density at radius 2 is 1.45 bits per heavy atom. The van der Waals surface area contributed by atoms with Gasteiger partial charge in [0.15, 0.2) is 23.0 Å². The van der Waals surface area contributed by atoms with Crippen LogP contribution in [-0.4, -0.2) is 98.4 Å². The van der Waals surface area contributed by atoms with Gasteiger partial charge in [0.1, 0.15) is 23.7 Å². The van der Waals surface area contributed by atoms with Crippen LogP contribution < -0.4 is 25.4 Å². The van der Waals surface area contributed by atoms with Gasteiger partial charge in [0, 0.05) is 29.1 Å². The molecular weight excluding hydrogens is 761 g/mol. The second-order valence-electron chi connectivity index (χ2n) is 13.8. The fraction of sp³-hybridized carbons (Fsp3) is 0.421.